The van der Waals surface area contributed by atoms with Crippen molar-refractivity contribution in [2.75, 3.05) is 19.8 Å². The van der Waals surface area contributed by atoms with Crippen molar-refractivity contribution < 1.29 is 22.7 Å². The minimum atomic E-state index is -4.30. The average Bonchev–Trinajstić information content (AvgIpc) is 2.35. The molecule has 1 N–H and O–H groups in total. The number of hydrogen-bond acceptors (Lipinski definition) is 2. The van der Waals surface area contributed by atoms with E-state index in [1.807, 2.05) is 0 Å². The molecule has 0 atom stereocenters. The Morgan fingerprint density at radius 3 is 2.10 bits per heavy atom. The zero-order chi connectivity index (χ0) is 15.1. The van der Waals surface area contributed by atoms with Gasteiger partial charge in [0.2, 0.25) is 5.91 Å². The van der Waals surface area contributed by atoms with Gasteiger partial charge in [-0.3, -0.25) is 4.79 Å². The molecule has 1 amide bonds. The van der Waals surface area contributed by atoms with Gasteiger partial charge in [0, 0.05) is 12.0 Å². The van der Waals surface area contributed by atoms with Crippen LogP contribution in [-0.4, -0.2) is 31.8 Å². The summed E-state index contributed by atoms with van der Waals surface area (Å²) in [5.74, 6) is 2.09. The molecule has 0 unspecified atom stereocenters. The molecule has 4 rings (SSSR count). The first-order chi connectivity index (χ1) is 9.86. The van der Waals surface area contributed by atoms with Gasteiger partial charge in [-0.1, -0.05) is 0 Å². The van der Waals surface area contributed by atoms with Gasteiger partial charge in [-0.25, -0.2) is 0 Å². The van der Waals surface area contributed by atoms with Gasteiger partial charge in [0.1, 0.15) is 6.61 Å². The van der Waals surface area contributed by atoms with Gasteiger partial charge >= 0.3 is 6.18 Å². The summed E-state index contributed by atoms with van der Waals surface area (Å²) in [6.07, 6.45) is 2.39. The first-order valence-electron chi connectivity index (χ1n) is 7.79. The molecule has 0 aliphatic heterocycles. The largest absolute Gasteiger partial charge is 0.411 e. The van der Waals surface area contributed by atoms with Crippen molar-refractivity contribution in [3.63, 3.8) is 0 Å². The minimum absolute atomic E-state index is 0.0391. The fourth-order valence-corrected chi connectivity index (χ4v) is 5.00. The van der Waals surface area contributed by atoms with Gasteiger partial charge in [0.25, 0.3) is 0 Å². The van der Waals surface area contributed by atoms with Crippen molar-refractivity contribution in [1.82, 2.24) is 5.32 Å². The third-order valence-electron chi connectivity index (χ3n) is 5.32. The molecular weight excluding hydrogens is 283 g/mol. The van der Waals surface area contributed by atoms with Crippen molar-refractivity contribution in [3.05, 3.63) is 0 Å². The molecule has 21 heavy (non-hydrogen) atoms. The van der Waals surface area contributed by atoms with Gasteiger partial charge in [-0.05, 0) is 56.3 Å². The maximum Gasteiger partial charge on any atom is 0.411 e. The predicted octanol–water partition coefficient (Wildman–Crippen LogP) is 2.90. The zero-order valence-electron chi connectivity index (χ0n) is 12.0. The van der Waals surface area contributed by atoms with Crippen LogP contribution in [-0.2, 0) is 9.53 Å². The summed E-state index contributed by atoms with van der Waals surface area (Å²) in [7, 11) is 0. The van der Waals surface area contributed by atoms with Crippen LogP contribution in [0.5, 0.6) is 0 Å². The Hall–Kier alpha value is -0.780. The van der Waals surface area contributed by atoms with Gasteiger partial charge in [0.15, 0.2) is 0 Å². The van der Waals surface area contributed by atoms with E-state index in [4.69, 9.17) is 0 Å². The summed E-state index contributed by atoms with van der Waals surface area (Å²) < 4.78 is 40.3. The summed E-state index contributed by atoms with van der Waals surface area (Å²) in [6.45, 7) is -1.17. The lowest BCUT2D eigenvalue weighted by atomic mass is 9.49. The number of halogens is 3. The molecule has 0 heterocycles. The molecule has 3 nitrogen and oxygen atoms in total. The molecule has 0 radical (unpaired) electrons. The lowest BCUT2D eigenvalue weighted by molar-refractivity contribution is -0.173. The Kier molecular flexibility index (Phi) is 3.93. The Balaban J connectivity index is 1.45. The number of nitrogens with one attached hydrogen (secondary N) is 1. The van der Waals surface area contributed by atoms with Crippen LogP contribution >= 0.6 is 0 Å². The molecule has 4 aliphatic carbocycles. The molecule has 0 saturated heterocycles. The summed E-state index contributed by atoms with van der Waals surface area (Å²) in [6, 6.07) is 0. The Morgan fingerprint density at radius 1 is 1.10 bits per heavy atom. The number of rotatable bonds is 5. The van der Waals surface area contributed by atoms with Crippen molar-refractivity contribution >= 4 is 5.91 Å². The maximum absolute atomic E-state index is 12.5. The van der Waals surface area contributed by atoms with Crippen molar-refractivity contribution in [3.8, 4) is 0 Å². The third-order valence-corrected chi connectivity index (χ3v) is 5.32. The first-order valence-corrected chi connectivity index (χ1v) is 7.79. The monoisotopic (exact) mass is 305 g/mol. The summed E-state index contributed by atoms with van der Waals surface area (Å²) >= 11 is 0. The second-order valence-electron chi connectivity index (χ2n) is 7.12. The number of carbonyl (C=O) groups excluding carboxylic acids is 1. The normalized spacial score (nSPS) is 37.8. The lowest BCUT2D eigenvalue weighted by Gasteiger charge is -2.55. The summed E-state index contributed by atoms with van der Waals surface area (Å²) in [5.41, 5.74) is -0.237. The van der Waals surface area contributed by atoms with E-state index in [9.17, 15) is 18.0 Å². The maximum atomic E-state index is 12.5. The van der Waals surface area contributed by atoms with Gasteiger partial charge in [0.05, 0.1) is 6.61 Å². The van der Waals surface area contributed by atoms with Crippen LogP contribution < -0.4 is 5.32 Å². The van der Waals surface area contributed by atoms with E-state index in [0.717, 1.165) is 19.3 Å². The summed E-state index contributed by atoms with van der Waals surface area (Å²) in [5, 5.41) is 2.79. The Labute approximate surface area is 122 Å². The van der Waals surface area contributed by atoms with Gasteiger partial charge < -0.3 is 10.1 Å². The molecule has 4 aliphatic rings. The van der Waals surface area contributed by atoms with E-state index in [1.165, 1.54) is 19.3 Å². The molecule has 4 saturated carbocycles. The van der Waals surface area contributed by atoms with Crippen molar-refractivity contribution in [2.45, 2.75) is 44.7 Å². The van der Waals surface area contributed by atoms with Crippen LogP contribution in [0.4, 0.5) is 13.2 Å². The molecule has 0 aromatic carbocycles. The van der Waals surface area contributed by atoms with Crippen LogP contribution in [0.15, 0.2) is 0 Å². The number of hydrogen-bond donors (Lipinski definition) is 1. The molecule has 0 aromatic heterocycles. The standard InChI is InChI=1S/C15H22F3NO2/c16-15(17,18)9-21-2-1-19-13(20)14-6-10-3-11(7-14)5-12(4-10)8-14/h10-12H,1-9H2,(H,19,20). The van der Waals surface area contributed by atoms with Crippen molar-refractivity contribution in [1.29, 1.82) is 0 Å². The van der Waals surface area contributed by atoms with Crippen LogP contribution in [0.1, 0.15) is 38.5 Å². The molecule has 4 fully saturated rings. The van der Waals surface area contributed by atoms with Crippen LogP contribution in [0, 0.1) is 23.2 Å². The number of carbonyl (C=O) groups is 1. The quantitative estimate of drug-likeness (QED) is 0.793. The Bertz CT molecular complexity index is 373. The van der Waals surface area contributed by atoms with E-state index < -0.39 is 12.8 Å². The van der Waals surface area contributed by atoms with Crippen LogP contribution in [0.3, 0.4) is 0 Å². The molecular formula is C15H22F3NO2. The fraction of sp³-hybridized carbons (Fsp3) is 0.933. The topological polar surface area (TPSA) is 38.3 Å². The highest BCUT2D eigenvalue weighted by Crippen LogP contribution is 2.60. The van der Waals surface area contributed by atoms with Crippen LogP contribution in [0.25, 0.3) is 0 Å². The first kappa shape index (κ1) is 15.1. The highest BCUT2D eigenvalue weighted by atomic mass is 19.4. The molecule has 120 valence electrons. The average molecular weight is 305 g/mol. The highest BCUT2D eigenvalue weighted by molar-refractivity contribution is 5.83. The SMILES string of the molecule is O=C(NCCOCC(F)(F)F)C12CC3CC(CC(C3)C1)C2. The molecule has 0 spiro atoms. The number of alkyl halides is 3. The van der Waals surface area contributed by atoms with Gasteiger partial charge in [-0.2, -0.15) is 13.2 Å². The third kappa shape index (κ3) is 3.35. The smallest absolute Gasteiger partial charge is 0.370 e. The Morgan fingerprint density at radius 2 is 1.62 bits per heavy atom. The second kappa shape index (κ2) is 5.45. The lowest BCUT2D eigenvalue weighted by Crippen LogP contribution is -2.54. The minimum Gasteiger partial charge on any atom is -0.370 e. The van der Waals surface area contributed by atoms with E-state index in [0.29, 0.717) is 17.8 Å². The summed E-state index contributed by atoms with van der Waals surface area (Å²) in [4.78, 5) is 12.5. The molecule has 4 bridgehead atoms. The number of amides is 1. The highest BCUT2D eigenvalue weighted by Gasteiger charge is 2.54. The molecule has 6 heteroatoms. The van der Waals surface area contributed by atoms with E-state index in [1.54, 1.807) is 0 Å². The number of ether oxygens (including phenoxy) is 1. The van der Waals surface area contributed by atoms with E-state index >= 15 is 0 Å². The fourth-order valence-electron chi connectivity index (χ4n) is 5.00. The second-order valence-corrected chi connectivity index (χ2v) is 7.12. The zero-order valence-corrected chi connectivity index (χ0v) is 12.0. The van der Waals surface area contributed by atoms with Crippen LogP contribution in [0.2, 0.25) is 0 Å². The van der Waals surface area contributed by atoms with Crippen molar-refractivity contribution in [2.24, 2.45) is 23.2 Å². The predicted molar refractivity (Wildman–Crippen MR) is 70.5 cm³/mol. The molecule has 0 aromatic rings. The van der Waals surface area contributed by atoms with E-state index in [2.05, 4.69) is 10.1 Å². The van der Waals surface area contributed by atoms with Gasteiger partial charge in [-0.15, -0.1) is 0 Å². The van der Waals surface area contributed by atoms with E-state index in [-0.39, 0.29) is 24.5 Å².